The van der Waals surface area contributed by atoms with Gasteiger partial charge in [0.2, 0.25) is 0 Å². The topological polar surface area (TPSA) is 4.93 Å². The van der Waals surface area contributed by atoms with Crippen LogP contribution in [0, 0.1) is 6.92 Å². The molecule has 0 unspecified atom stereocenters. The third-order valence-corrected chi connectivity index (χ3v) is 2.52. The minimum atomic E-state index is 1.02. The predicted octanol–water partition coefficient (Wildman–Crippen LogP) is 3.48. The number of benzene rings is 1. The largest absolute Gasteiger partial charge is 0.348 e. The van der Waals surface area contributed by atoms with Crippen molar-refractivity contribution in [3.05, 3.63) is 48.2 Å². The summed E-state index contributed by atoms with van der Waals surface area (Å²) in [5.74, 6) is 0. The van der Waals surface area contributed by atoms with Crippen molar-refractivity contribution >= 4 is 0 Å². The lowest BCUT2D eigenvalue weighted by Gasteiger charge is -2.06. The predicted molar refractivity (Wildman–Crippen MR) is 60.3 cm³/mol. The van der Waals surface area contributed by atoms with Crippen LogP contribution in [0.1, 0.15) is 12.5 Å². The molecule has 0 fully saturated rings. The molecule has 0 amide bonds. The molecule has 0 bridgehead atoms. The minimum Gasteiger partial charge on any atom is -0.348 e. The van der Waals surface area contributed by atoms with Gasteiger partial charge in [0.1, 0.15) is 0 Å². The Morgan fingerprint density at radius 2 is 1.79 bits per heavy atom. The van der Waals surface area contributed by atoms with Crippen molar-refractivity contribution in [1.29, 1.82) is 0 Å². The van der Waals surface area contributed by atoms with Gasteiger partial charge in [0.05, 0.1) is 0 Å². The molecule has 72 valence electrons. The highest BCUT2D eigenvalue weighted by Crippen LogP contribution is 2.20. The maximum Gasteiger partial charge on any atom is 0.0480 e. The molecule has 0 atom stereocenters. The lowest BCUT2D eigenvalue weighted by Crippen LogP contribution is -1.94. The van der Waals surface area contributed by atoms with Crippen molar-refractivity contribution in [2.75, 3.05) is 0 Å². The average molecular weight is 185 g/mol. The zero-order valence-electron chi connectivity index (χ0n) is 8.70. The van der Waals surface area contributed by atoms with Crippen LogP contribution in [0.3, 0.4) is 0 Å². The SMILES string of the molecule is CCn1cccc1-c1ccc(C)cc1. The summed E-state index contributed by atoms with van der Waals surface area (Å²) in [7, 11) is 0. The minimum absolute atomic E-state index is 1.02. The molecule has 0 aliphatic heterocycles. The fourth-order valence-corrected chi connectivity index (χ4v) is 1.68. The van der Waals surface area contributed by atoms with E-state index in [0.29, 0.717) is 0 Å². The zero-order valence-corrected chi connectivity index (χ0v) is 8.70. The summed E-state index contributed by atoms with van der Waals surface area (Å²) in [6.45, 7) is 5.30. The zero-order chi connectivity index (χ0) is 9.97. The van der Waals surface area contributed by atoms with Gasteiger partial charge in [-0.05, 0) is 31.5 Å². The molecule has 1 heteroatoms. The molecule has 0 saturated heterocycles. The Kier molecular flexibility index (Phi) is 2.40. The molecule has 14 heavy (non-hydrogen) atoms. The van der Waals surface area contributed by atoms with Gasteiger partial charge in [-0.1, -0.05) is 29.8 Å². The van der Waals surface area contributed by atoms with E-state index in [9.17, 15) is 0 Å². The Morgan fingerprint density at radius 1 is 1.07 bits per heavy atom. The van der Waals surface area contributed by atoms with E-state index >= 15 is 0 Å². The van der Waals surface area contributed by atoms with Crippen LogP contribution in [0.2, 0.25) is 0 Å². The highest BCUT2D eigenvalue weighted by Gasteiger charge is 2.01. The molecule has 1 aromatic carbocycles. The molecular formula is C13H15N. The van der Waals surface area contributed by atoms with E-state index in [4.69, 9.17) is 0 Å². The van der Waals surface area contributed by atoms with Crippen LogP contribution in [0.15, 0.2) is 42.6 Å². The van der Waals surface area contributed by atoms with Crippen molar-refractivity contribution in [2.24, 2.45) is 0 Å². The van der Waals surface area contributed by atoms with Crippen LogP contribution in [0.25, 0.3) is 11.3 Å². The Hall–Kier alpha value is -1.50. The highest BCUT2D eigenvalue weighted by atomic mass is 15.0. The fraction of sp³-hybridized carbons (Fsp3) is 0.231. The molecule has 0 spiro atoms. The van der Waals surface area contributed by atoms with Crippen molar-refractivity contribution in [3.8, 4) is 11.3 Å². The highest BCUT2D eigenvalue weighted by molar-refractivity contribution is 5.60. The van der Waals surface area contributed by atoms with E-state index < -0.39 is 0 Å². The Bertz CT molecular complexity index is 409. The maximum atomic E-state index is 2.25. The molecule has 0 aliphatic rings. The average Bonchev–Trinajstić information content (AvgIpc) is 2.67. The van der Waals surface area contributed by atoms with Crippen LogP contribution < -0.4 is 0 Å². The van der Waals surface area contributed by atoms with Gasteiger partial charge < -0.3 is 4.57 Å². The lowest BCUT2D eigenvalue weighted by atomic mass is 10.1. The first-order valence-electron chi connectivity index (χ1n) is 5.03. The van der Waals surface area contributed by atoms with Crippen LogP contribution in [0.5, 0.6) is 0 Å². The van der Waals surface area contributed by atoms with Gasteiger partial charge in [0, 0.05) is 18.4 Å². The van der Waals surface area contributed by atoms with Gasteiger partial charge in [-0.25, -0.2) is 0 Å². The van der Waals surface area contributed by atoms with Crippen LogP contribution in [-0.4, -0.2) is 4.57 Å². The van der Waals surface area contributed by atoms with Gasteiger partial charge >= 0.3 is 0 Å². The molecule has 0 N–H and O–H groups in total. The summed E-state index contributed by atoms with van der Waals surface area (Å²) in [5, 5.41) is 0. The van der Waals surface area contributed by atoms with E-state index in [-0.39, 0.29) is 0 Å². The summed E-state index contributed by atoms with van der Waals surface area (Å²) >= 11 is 0. The van der Waals surface area contributed by atoms with Crippen molar-refractivity contribution in [3.63, 3.8) is 0 Å². The van der Waals surface area contributed by atoms with Crippen molar-refractivity contribution in [1.82, 2.24) is 4.57 Å². The molecular weight excluding hydrogens is 170 g/mol. The van der Waals surface area contributed by atoms with Crippen LogP contribution in [-0.2, 0) is 6.54 Å². The van der Waals surface area contributed by atoms with E-state index in [1.165, 1.54) is 16.8 Å². The smallest absolute Gasteiger partial charge is 0.0480 e. The van der Waals surface area contributed by atoms with Crippen LogP contribution in [0.4, 0.5) is 0 Å². The summed E-state index contributed by atoms with van der Waals surface area (Å²) in [6, 6.07) is 12.9. The Labute approximate surface area is 85.0 Å². The molecule has 0 saturated carbocycles. The van der Waals surface area contributed by atoms with Gasteiger partial charge in [0.25, 0.3) is 0 Å². The first-order chi connectivity index (χ1) is 6.81. The van der Waals surface area contributed by atoms with Gasteiger partial charge in [0.15, 0.2) is 0 Å². The third-order valence-electron chi connectivity index (χ3n) is 2.52. The molecule has 2 rings (SSSR count). The standard InChI is InChI=1S/C13H15N/c1-3-14-10-4-5-13(14)12-8-6-11(2)7-9-12/h4-10H,3H2,1-2H3. The first-order valence-corrected chi connectivity index (χ1v) is 5.03. The van der Waals surface area contributed by atoms with Crippen molar-refractivity contribution in [2.45, 2.75) is 20.4 Å². The fourth-order valence-electron chi connectivity index (χ4n) is 1.68. The summed E-state index contributed by atoms with van der Waals surface area (Å²) in [4.78, 5) is 0. The molecule has 2 aromatic rings. The lowest BCUT2D eigenvalue weighted by molar-refractivity contribution is 0.777. The number of aromatic nitrogens is 1. The van der Waals surface area contributed by atoms with Gasteiger partial charge in [-0.3, -0.25) is 0 Å². The molecule has 1 aromatic heterocycles. The number of aryl methyl sites for hydroxylation is 2. The number of hydrogen-bond acceptors (Lipinski definition) is 0. The van der Waals surface area contributed by atoms with E-state index in [0.717, 1.165) is 6.54 Å². The normalized spacial score (nSPS) is 10.4. The third kappa shape index (κ3) is 1.58. The second kappa shape index (κ2) is 3.70. The van der Waals surface area contributed by atoms with E-state index in [2.05, 4.69) is 61.0 Å². The van der Waals surface area contributed by atoms with Gasteiger partial charge in [-0.2, -0.15) is 0 Å². The summed E-state index contributed by atoms with van der Waals surface area (Å²) in [5.41, 5.74) is 3.90. The number of nitrogens with zero attached hydrogens (tertiary/aromatic N) is 1. The summed E-state index contributed by atoms with van der Waals surface area (Å²) in [6.07, 6.45) is 2.12. The Morgan fingerprint density at radius 3 is 2.43 bits per heavy atom. The molecule has 0 aliphatic carbocycles. The number of rotatable bonds is 2. The van der Waals surface area contributed by atoms with E-state index in [1.807, 2.05) is 0 Å². The second-order valence-corrected chi connectivity index (χ2v) is 3.55. The molecule has 0 radical (unpaired) electrons. The second-order valence-electron chi connectivity index (χ2n) is 3.55. The van der Waals surface area contributed by atoms with Crippen molar-refractivity contribution < 1.29 is 0 Å². The van der Waals surface area contributed by atoms with Crippen LogP contribution >= 0.6 is 0 Å². The number of hydrogen-bond donors (Lipinski definition) is 0. The van der Waals surface area contributed by atoms with E-state index in [1.54, 1.807) is 0 Å². The quantitative estimate of drug-likeness (QED) is 0.675. The summed E-state index contributed by atoms with van der Waals surface area (Å²) < 4.78 is 2.25. The van der Waals surface area contributed by atoms with Gasteiger partial charge in [-0.15, -0.1) is 0 Å². The molecule has 1 nitrogen and oxygen atoms in total. The molecule has 1 heterocycles. The first kappa shape index (κ1) is 9.07. The monoisotopic (exact) mass is 185 g/mol. The maximum absolute atomic E-state index is 2.25. The Balaban J connectivity index is 2.44.